The molecule has 0 saturated carbocycles. The molecule has 2 amide bonds. The van der Waals surface area contributed by atoms with Gasteiger partial charge in [-0.25, -0.2) is 14.8 Å². The van der Waals surface area contributed by atoms with Crippen molar-refractivity contribution in [1.29, 1.82) is 0 Å². The molecule has 2 heterocycles. The topological polar surface area (TPSA) is 59.1 Å². The largest absolute Gasteiger partial charge is 0.447 e. The standard InChI is InChI=1S/C19H17ClN2O4/c20-14-8-6-13(7-9-14)17-16(18(23)21-10-11-25-19(21)24)12-26-22(17)15-4-2-1-3-5-15/h1-9,16-17H,10-12H2/t16-,17-/m0/s1. The van der Waals surface area contributed by atoms with Crippen molar-refractivity contribution in [3.8, 4) is 0 Å². The van der Waals surface area contributed by atoms with Crippen LogP contribution in [0.1, 0.15) is 11.6 Å². The number of hydroxylamine groups is 1. The van der Waals surface area contributed by atoms with Crippen LogP contribution in [0.5, 0.6) is 0 Å². The number of hydrogen-bond acceptors (Lipinski definition) is 5. The first-order valence-corrected chi connectivity index (χ1v) is 8.74. The summed E-state index contributed by atoms with van der Waals surface area (Å²) in [5.41, 5.74) is 1.73. The highest BCUT2D eigenvalue weighted by atomic mass is 35.5. The number of para-hydroxylation sites is 1. The number of carbonyl (C=O) groups excluding carboxylic acids is 2. The number of nitrogens with zero attached hydrogens (tertiary/aromatic N) is 2. The van der Waals surface area contributed by atoms with Crippen LogP contribution in [0.4, 0.5) is 10.5 Å². The number of cyclic esters (lactones) is 1. The minimum absolute atomic E-state index is 0.185. The predicted molar refractivity (Wildman–Crippen MR) is 95.6 cm³/mol. The van der Waals surface area contributed by atoms with E-state index in [1.54, 1.807) is 17.2 Å². The first-order valence-electron chi connectivity index (χ1n) is 8.36. The minimum Gasteiger partial charge on any atom is -0.447 e. The van der Waals surface area contributed by atoms with Crippen molar-refractivity contribution in [3.63, 3.8) is 0 Å². The van der Waals surface area contributed by atoms with Crippen LogP contribution in [0, 0.1) is 5.92 Å². The van der Waals surface area contributed by atoms with Gasteiger partial charge in [0.25, 0.3) is 0 Å². The number of ether oxygens (including phenoxy) is 1. The van der Waals surface area contributed by atoms with Gasteiger partial charge in [-0.15, -0.1) is 0 Å². The maximum atomic E-state index is 13.0. The van der Waals surface area contributed by atoms with Gasteiger partial charge < -0.3 is 4.74 Å². The van der Waals surface area contributed by atoms with E-state index in [2.05, 4.69) is 0 Å². The average molecular weight is 373 g/mol. The summed E-state index contributed by atoms with van der Waals surface area (Å²) in [7, 11) is 0. The molecule has 0 aromatic heterocycles. The highest BCUT2D eigenvalue weighted by molar-refractivity contribution is 6.30. The predicted octanol–water partition coefficient (Wildman–Crippen LogP) is 3.43. The van der Waals surface area contributed by atoms with E-state index in [-0.39, 0.29) is 31.7 Å². The molecule has 0 spiro atoms. The fourth-order valence-corrected chi connectivity index (χ4v) is 3.46. The quantitative estimate of drug-likeness (QED) is 0.826. The fourth-order valence-electron chi connectivity index (χ4n) is 3.33. The Morgan fingerprint density at radius 1 is 1.08 bits per heavy atom. The van der Waals surface area contributed by atoms with Crippen LogP contribution < -0.4 is 5.06 Å². The zero-order chi connectivity index (χ0) is 18.1. The van der Waals surface area contributed by atoms with E-state index < -0.39 is 12.0 Å². The van der Waals surface area contributed by atoms with Crippen LogP contribution in [0.2, 0.25) is 5.02 Å². The number of hydrogen-bond donors (Lipinski definition) is 0. The average Bonchev–Trinajstić information content (AvgIpc) is 3.29. The van der Waals surface area contributed by atoms with Gasteiger partial charge in [-0.3, -0.25) is 9.63 Å². The summed E-state index contributed by atoms with van der Waals surface area (Å²) in [5, 5.41) is 2.35. The van der Waals surface area contributed by atoms with Crippen molar-refractivity contribution < 1.29 is 19.2 Å². The van der Waals surface area contributed by atoms with Gasteiger partial charge in [0.1, 0.15) is 6.61 Å². The number of anilines is 1. The van der Waals surface area contributed by atoms with E-state index in [0.29, 0.717) is 5.02 Å². The molecule has 2 saturated heterocycles. The van der Waals surface area contributed by atoms with Crippen molar-refractivity contribution in [3.05, 3.63) is 65.2 Å². The summed E-state index contributed by atoms with van der Waals surface area (Å²) < 4.78 is 4.91. The summed E-state index contributed by atoms with van der Waals surface area (Å²) in [6, 6.07) is 16.5. The van der Waals surface area contributed by atoms with Gasteiger partial charge in [-0.2, -0.15) is 0 Å². The molecule has 6 nitrogen and oxygen atoms in total. The van der Waals surface area contributed by atoms with Gasteiger partial charge in [0, 0.05) is 5.02 Å². The van der Waals surface area contributed by atoms with Crippen LogP contribution in [0.25, 0.3) is 0 Å². The normalized spacial score (nSPS) is 22.6. The van der Waals surface area contributed by atoms with Gasteiger partial charge in [0.05, 0.1) is 30.8 Å². The lowest BCUT2D eigenvalue weighted by molar-refractivity contribution is -0.132. The Kier molecular flexibility index (Phi) is 4.53. The molecule has 7 heteroatoms. The third-order valence-corrected chi connectivity index (χ3v) is 4.85. The van der Waals surface area contributed by atoms with Gasteiger partial charge in [-0.05, 0) is 29.8 Å². The number of halogens is 1. The van der Waals surface area contributed by atoms with Crippen LogP contribution in [-0.4, -0.2) is 36.7 Å². The Labute approximate surface area is 155 Å². The molecule has 0 unspecified atom stereocenters. The van der Waals surface area contributed by atoms with E-state index >= 15 is 0 Å². The Bertz CT molecular complexity index is 812. The Balaban J connectivity index is 1.70. The number of carbonyl (C=O) groups is 2. The lowest BCUT2D eigenvalue weighted by Crippen LogP contribution is -2.40. The van der Waals surface area contributed by atoms with Crippen LogP contribution >= 0.6 is 11.6 Å². The van der Waals surface area contributed by atoms with Crippen LogP contribution in [-0.2, 0) is 14.4 Å². The molecule has 2 aromatic carbocycles. The van der Waals surface area contributed by atoms with Crippen molar-refractivity contribution in [2.75, 3.05) is 24.8 Å². The molecule has 0 bridgehead atoms. The fraction of sp³-hybridized carbons (Fsp3) is 0.263. The molecule has 26 heavy (non-hydrogen) atoms. The van der Waals surface area contributed by atoms with Crippen molar-refractivity contribution in [2.24, 2.45) is 5.92 Å². The Morgan fingerprint density at radius 2 is 1.81 bits per heavy atom. The first-order chi connectivity index (χ1) is 12.6. The summed E-state index contributed by atoms with van der Waals surface area (Å²) in [5.74, 6) is -0.812. The molecular weight excluding hydrogens is 356 g/mol. The van der Waals surface area contributed by atoms with Gasteiger partial charge in [-0.1, -0.05) is 41.9 Å². The number of amides is 2. The molecule has 2 aromatic rings. The summed E-state index contributed by atoms with van der Waals surface area (Å²) in [4.78, 5) is 31.8. The SMILES string of the molecule is O=C1OCCN1C(=O)[C@H]1CON(c2ccccc2)[C@H]1c1ccc(Cl)cc1. The molecule has 2 aliphatic rings. The summed E-state index contributed by atoms with van der Waals surface area (Å²) >= 11 is 6.01. The molecule has 4 rings (SSSR count). The van der Waals surface area contributed by atoms with Gasteiger partial charge >= 0.3 is 6.09 Å². The van der Waals surface area contributed by atoms with Crippen LogP contribution in [0.15, 0.2) is 54.6 Å². The molecule has 0 radical (unpaired) electrons. The number of rotatable bonds is 3. The lowest BCUT2D eigenvalue weighted by atomic mass is 9.92. The monoisotopic (exact) mass is 372 g/mol. The zero-order valence-corrected chi connectivity index (χ0v) is 14.6. The number of imide groups is 1. The zero-order valence-electron chi connectivity index (χ0n) is 13.9. The second kappa shape index (κ2) is 6.97. The Hall–Kier alpha value is -2.57. The molecule has 2 fully saturated rings. The maximum Gasteiger partial charge on any atom is 0.416 e. The molecule has 0 N–H and O–H groups in total. The molecule has 0 aliphatic carbocycles. The molecular formula is C19H17ClN2O4. The molecule has 2 atom stereocenters. The Morgan fingerprint density at radius 3 is 2.46 bits per heavy atom. The molecule has 2 aliphatic heterocycles. The van der Waals surface area contributed by atoms with E-state index in [0.717, 1.165) is 16.2 Å². The van der Waals surface area contributed by atoms with E-state index in [9.17, 15) is 9.59 Å². The molecule has 134 valence electrons. The third-order valence-electron chi connectivity index (χ3n) is 4.59. The van der Waals surface area contributed by atoms with Crippen molar-refractivity contribution in [1.82, 2.24) is 4.90 Å². The van der Waals surface area contributed by atoms with E-state index in [1.165, 1.54) is 0 Å². The summed E-state index contributed by atoms with van der Waals surface area (Å²) in [6.45, 7) is 0.684. The number of benzene rings is 2. The van der Waals surface area contributed by atoms with Gasteiger partial charge in [0.15, 0.2) is 0 Å². The third kappa shape index (κ3) is 3.02. The van der Waals surface area contributed by atoms with Crippen molar-refractivity contribution >= 4 is 29.3 Å². The second-order valence-electron chi connectivity index (χ2n) is 6.16. The first kappa shape index (κ1) is 16.9. The highest BCUT2D eigenvalue weighted by Crippen LogP contribution is 2.40. The van der Waals surface area contributed by atoms with Crippen molar-refractivity contribution in [2.45, 2.75) is 6.04 Å². The highest BCUT2D eigenvalue weighted by Gasteiger charge is 2.45. The summed E-state index contributed by atoms with van der Waals surface area (Å²) in [6.07, 6.45) is -0.594. The van der Waals surface area contributed by atoms with E-state index in [1.807, 2.05) is 42.5 Å². The van der Waals surface area contributed by atoms with Gasteiger partial charge in [0.2, 0.25) is 5.91 Å². The maximum absolute atomic E-state index is 13.0. The smallest absolute Gasteiger partial charge is 0.416 e. The van der Waals surface area contributed by atoms with Crippen LogP contribution in [0.3, 0.4) is 0 Å². The second-order valence-corrected chi connectivity index (χ2v) is 6.60. The van der Waals surface area contributed by atoms with E-state index in [4.69, 9.17) is 21.2 Å². The minimum atomic E-state index is -0.594. The lowest BCUT2D eigenvalue weighted by Gasteiger charge is -2.28.